The predicted molar refractivity (Wildman–Crippen MR) is 47.6 cm³/mol. The monoisotopic (exact) mass is 200 g/mol. The van der Waals surface area contributed by atoms with E-state index in [1.165, 1.54) is 26.4 Å². The summed E-state index contributed by atoms with van der Waals surface area (Å²) in [6, 6.07) is 0. The van der Waals surface area contributed by atoms with Gasteiger partial charge in [-0.05, 0) is 12.2 Å². The summed E-state index contributed by atoms with van der Waals surface area (Å²) in [4.78, 5) is 11.5. The molecule has 1 aliphatic carbocycles. The van der Waals surface area contributed by atoms with Gasteiger partial charge in [-0.15, -0.1) is 0 Å². The highest BCUT2D eigenvalue weighted by Crippen LogP contribution is 2.25. The number of rotatable bonds is 2. The second-order valence-corrected chi connectivity index (χ2v) is 2.85. The molecule has 0 amide bonds. The zero-order valence-electron chi connectivity index (χ0n) is 7.93. The maximum Gasteiger partial charge on any atom is 0.220 e. The molecule has 0 aliphatic heterocycles. The summed E-state index contributed by atoms with van der Waals surface area (Å²) in [7, 11) is 2.54. The lowest BCUT2D eigenvalue weighted by Gasteiger charge is -2.32. The molecule has 1 aliphatic rings. The first-order valence-electron chi connectivity index (χ1n) is 3.97. The molecule has 2 unspecified atom stereocenters. The first-order valence-corrected chi connectivity index (χ1v) is 3.97. The van der Waals surface area contributed by atoms with Gasteiger partial charge < -0.3 is 19.7 Å². The van der Waals surface area contributed by atoms with Gasteiger partial charge in [-0.2, -0.15) is 0 Å². The van der Waals surface area contributed by atoms with E-state index in [2.05, 4.69) is 0 Å². The molecule has 14 heavy (non-hydrogen) atoms. The highest BCUT2D eigenvalue weighted by Gasteiger charge is 2.44. The van der Waals surface area contributed by atoms with Crippen LogP contribution >= 0.6 is 0 Å². The Labute approximate surface area is 81.3 Å². The van der Waals surface area contributed by atoms with Crippen molar-refractivity contribution in [1.82, 2.24) is 0 Å². The normalized spacial score (nSPS) is 35.2. The molecule has 0 aromatic carbocycles. The third-order valence-electron chi connectivity index (χ3n) is 2.10. The maximum atomic E-state index is 11.5. The summed E-state index contributed by atoms with van der Waals surface area (Å²) >= 11 is 0. The molecule has 0 bridgehead atoms. The number of aliphatic hydroxyl groups excluding tert-OH is 1. The Bertz CT molecular complexity index is 294. The number of carbonyl (C=O) groups is 1. The van der Waals surface area contributed by atoms with Crippen LogP contribution in [0, 0.1) is 0 Å². The standard InChI is InChI=1S/C9H12O5/c1-13-8-7(11)6(5-10)3-4-9(8,12)14-2/h3-5,8,10,12H,1-2H3. The van der Waals surface area contributed by atoms with Crippen LogP contribution in [0.2, 0.25) is 0 Å². The minimum Gasteiger partial charge on any atom is -0.515 e. The fraction of sp³-hybridized carbons (Fsp3) is 0.444. The van der Waals surface area contributed by atoms with E-state index in [4.69, 9.17) is 14.6 Å². The summed E-state index contributed by atoms with van der Waals surface area (Å²) in [5, 5.41) is 18.5. The van der Waals surface area contributed by atoms with E-state index in [-0.39, 0.29) is 5.57 Å². The van der Waals surface area contributed by atoms with Crippen molar-refractivity contribution in [3.8, 4) is 0 Å². The largest absolute Gasteiger partial charge is 0.515 e. The maximum absolute atomic E-state index is 11.5. The molecule has 0 heterocycles. The first-order chi connectivity index (χ1) is 6.59. The smallest absolute Gasteiger partial charge is 0.220 e. The molecule has 0 saturated carbocycles. The van der Waals surface area contributed by atoms with Crippen LogP contribution in [0.15, 0.2) is 24.0 Å². The van der Waals surface area contributed by atoms with Gasteiger partial charge in [-0.3, -0.25) is 4.79 Å². The van der Waals surface area contributed by atoms with E-state index in [9.17, 15) is 9.90 Å². The minimum absolute atomic E-state index is 0.0681. The Balaban J connectivity index is 3.11. The van der Waals surface area contributed by atoms with E-state index in [0.717, 1.165) is 0 Å². The van der Waals surface area contributed by atoms with Crippen LogP contribution in [0.5, 0.6) is 0 Å². The van der Waals surface area contributed by atoms with E-state index < -0.39 is 17.7 Å². The summed E-state index contributed by atoms with van der Waals surface area (Å²) in [6.45, 7) is 0. The molecule has 5 heteroatoms. The molecular formula is C9H12O5. The van der Waals surface area contributed by atoms with Gasteiger partial charge in [0.1, 0.15) is 0 Å². The minimum atomic E-state index is -1.77. The Morgan fingerprint density at radius 2 is 2.21 bits per heavy atom. The molecule has 0 fully saturated rings. The van der Waals surface area contributed by atoms with E-state index >= 15 is 0 Å². The van der Waals surface area contributed by atoms with Gasteiger partial charge in [0.25, 0.3) is 0 Å². The summed E-state index contributed by atoms with van der Waals surface area (Å²) in [6.07, 6.45) is 2.04. The van der Waals surface area contributed by atoms with Crippen LogP contribution in [-0.2, 0) is 14.3 Å². The quantitative estimate of drug-likeness (QED) is 0.370. The molecule has 2 N–H and O–H groups in total. The molecule has 0 radical (unpaired) electrons. The molecule has 1 rings (SSSR count). The van der Waals surface area contributed by atoms with E-state index in [1.54, 1.807) is 0 Å². The molecule has 5 nitrogen and oxygen atoms in total. The highest BCUT2D eigenvalue weighted by molar-refractivity contribution is 6.03. The number of aliphatic hydroxyl groups is 2. The average Bonchev–Trinajstić information content (AvgIpc) is 2.19. The number of hydrogen-bond acceptors (Lipinski definition) is 5. The Morgan fingerprint density at radius 3 is 2.64 bits per heavy atom. The van der Waals surface area contributed by atoms with Crippen LogP contribution in [-0.4, -0.2) is 42.1 Å². The molecule has 0 spiro atoms. The molecular weight excluding hydrogens is 188 g/mol. The molecule has 0 aromatic rings. The van der Waals surface area contributed by atoms with Crippen LogP contribution in [0.3, 0.4) is 0 Å². The van der Waals surface area contributed by atoms with Gasteiger partial charge in [0, 0.05) is 14.2 Å². The van der Waals surface area contributed by atoms with Crippen molar-refractivity contribution in [2.24, 2.45) is 0 Å². The van der Waals surface area contributed by atoms with Gasteiger partial charge in [0.05, 0.1) is 11.8 Å². The fourth-order valence-electron chi connectivity index (χ4n) is 1.28. The highest BCUT2D eigenvalue weighted by atomic mass is 16.6. The second-order valence-electron chi connectivity index (χ2n) is 2.85. The van der Waals surface area contributed by atoms with Gasteiger partial charge in [0.15, 0.2) is 6.10 Å². The Kier molecular flexibility index (Phi) is 3.05. The second kappa shape index (κ2) is 3.91. The number of Topliss-reactive ketones (excluding diaryl/α,β-unsaturated/α-hetero) is 1. The number of carbonyl (C=O) groups excluding carboxylic acids is 1. The fourth-order valence-corrected chi connectivity index (χ4v) is 1.28. The third-order valence-corrected chi connectivity index (χ3v) is 2.10. The summed E-state index contributed by atoms with van der Waals surface area (Å²) in [5.74, 6) is -2.29. The first kappa shape index (κ1) is 10.9. The zero-order valence-corrected chi connectivity index (χ0v) is 7.93. The Morgan fingerprint density at radius 1 is 1.57 bits per heavy atom. The van der Waals surface area contributed by atoms with Crippen molar-refractivity contribution >= 4 is 5.78 Å². The Hall–Kier alpha value is -1.17. The van der Waals surface area contributed by atoms with Crippen molar-refractivity contribution in [2.45, 2.75) is 11.9 Å². The average molecular weight is 200 g/mol. The van der Waals surface area contributed by atoms with Gasteiger partial charge in [0.2, 0.25) is 11.6 Å². The van der Waals surface area contributed by atoms with Gasteiger partial charge in [-0.1, -0.05) is 0 Å². The van der Waals surface area contributed by atoms with Crippen LogP contribution in [0.1, 0.15) is 0 Å². The topological polar surface area (TPSA) is 76.0 Å². The number of ether oxygens (including phenoxy) is 2. The van der Waals surface area contributed by atoms with E-state index in [1.807, 2.05) is 0 Å². The number of ketones is 1. The number of allylic oxidation sites excluding steroid dienone is 1. The van der Waals surface area contributed by atoms with Crippen molar-refractivity contribution < 1.29 is 24.5 Å². The number of methoxy groups -OCH3 is 2. The lowest BCUT2D eigenvalue weighted by molar-refractivity contribution is -0.214. The zero-order chi connectivity index (χ0) is 10.8. The predicted octanol–water partition coefficient (Wildman–Crippen LogP) is -0.0828. The molecule has 0 saturated heterocycles. The molecule has 2 atom stereocenters. The third kappa shape index (κ3) is 1.57. The van der Waals surface area contributed by atoms with E-state index in [0.29, 0.717) is 6.26 Å². The lowest BCUT2D eigenvalue weighted by atomic mass is 9.93. The van der Waals surface area contributed by atoms with Crippen molar-refractivity contribution in [2.75, 3.05) is 14.2 Å². The lowest BCUT2D eigenvalue weighted by Crippen LogP contribution is -2.50. The summed E-state index contributed by atoms with van der Waals surface area (Å²) < 4.78 is 9.57. The van der Waals surface area contributed by atoms with Crippen molar-refractivity contribution in [3.05, 3.63) is 24.0 Å². The van der Waals surface area contributed by atoms with Gasteiger partial charge in [-0.25, -0.2) is 0 Å². The molecule has 0 aromatic heterocycles. The van der Waals surface area contributed by atoms with Crippen LogP contribution < -0.4 is 0 Å². The van der Waals surface area contributed by atoms with Crippen LogP contribution in [0.4, 0.5) is 0 Å². The number of hydrogen-bond donors (Lipinski definition) is 2. The molecule has 78 valence electrons. The van der Waals surface area contributed by atoms with Crippen molar-refractivity contribution in [1.29, 1.82) is 0 Å². The van der Waals surface area contributed by atoms with Crippen LogP contribution in [0.25, 0.3) is 0 Å². The van der Waals surface area contributed by atoms with Gasteiger partial charge >= 0.3 is 0 Å². The summed E-state index contributed by atoms with van der Waals surface area (Å²) in [5.41, 5.74) is 0.0681. The SMILES string of the molecule is COC1C(=O)C(=CO)C=CC1(O)OC. The van der Waals surface area contributed by atoms with Crippen molar-refractivity contribution in [3.63, 3.8) is 0 Å².